The summed E-state index contributed by atoms with van der Waals surface area (Å²) in [5, 5.41) is 0.119. The van der Waals surface area contributed by atoms with Crippen molar-refractivity contribution >= 4 is 16.9 Å². The van der Waals surface area contributed by atoms with E-state index >= 15 is 0 Å². The highest BCUT2D eigenvalue weighted by atomic mass is 32.2. The third-order valence-corrected chi connectivity index (χ3v) is 3.29. The van der Waals surface area contributed by atoms with Crippen molar-refractivity contribution in [2.45, 2.75) is 45.3 Å². The molecule has 0 aliphatic carbocycles. The summed E-state index contributed by atoms with van der Waals surface area (Å²) in [6, 6.07) is 0. The SMILES string of the molecule is CCSC(=O)/C=C/CCC#CCOC1CCCCO1. The Balaban J connectivity index is 2.00. The second kappa shape index (κ2) is 11.1. The number of carbonyl (C=O) groups is 1. The zero-order chi connectivity index (χ0) is 13.8. The van der Waals surface area contributed by atoms with Crippen LogP contribution >= 0.6 is 11.8 Å². The fourth-order valence-electron chi connectivity index (χ4n) is 1.64. The molecule has 0 radical (unpaired) electrons. The number of hydrogen-bond acceptors (Lipinski definition) is 4. The molecule has 4 heteroatoms. The van der Waals surface area contributed by atoms with Crippen molar-refractivity contribution in [1.82, 2.24) is 0 Å². The molecule has 0 spiro atoms. The van der Waals surface area contributed by atoms with Gasteiger partial charge in [-0.3, -0.25) is 4.79 Å². The summed E-state index contributed by atoms with van der Waals surface area (Å²) < 4.78 is 10.9. The third-order valence-electron chi connectivity index (χ3n) is 2.58. The number of hydrogen-bond donors (Lipinski definition) is 0. The zero-order valence-electron chi connectivity index (χ0n) is 11.5. The van der Waals surface area contributed by atoms with E-state index in [9.17, 15) is 4.79 Å². The number of thioether (sulfide) groups is 1. The number of rotatable bonds is 6. The first kappa shape index (κ1) is 16.3. The average Bonchev–Trinajstić information content (AvgIpc) is 2.43. The smallest absolute Gasteiger partial charge is 0.211 e. The zero-order valence-corrected chi connectivity index (χ0v) is 12.3. The molecule has 0 N–H and O–H groups in total. The summed E-state index contributed by atoms with van der Waals surface area (Å²) in [6.45, 7) is 3.20. The first-order valence-corrected chi connectivity index (χ1v) is 7.83. The highest BCUT2D eigenvalue weighted by Crippen LogP contribution is 2.13. The molecule has 0 saturated carbocycles. The van der Waals surface area contributed by atoms with Crippen LogP contribution in [0, 0.1) is 11.8 Å². The Morgan fingerprint density at radius 1 is 1.47 bits per heavy atom. The maximum Gasteiger partial charge on any atom is 0.211 e. The van der Waals surface area contributed by atoms with Crippen molar-refractivity contribution in [3.63, 3.8) is 0 Å². The van der Waals surface area contributed by atoms with Gasteiger partial charge in [-0.05, 0) is 37.5 Å². The molecular formula is C15H22O3S. The van der Waals surface area contributed by atoms with E-state index in [2.05, 4.69) is 11.8 Å². The minimum atomic E-state index is -0.0633. The summed E-state index contributed by atoms with van der Waals surface area (Å²) in [6.07, 6.45) is 8.29. The Bertz CT molecular complexity index is 335. The van der Waals surface area contributed by atoms with Gasteiger partial charge >= 0.3 is 0 Å². The normalized spacial score (nSPS) is 19.1. The average molecular weight is 282 g/mol. The van der Waals surface area contributed by atoms with Crippen LogP contribution in [0.15, 0.2) is 12.2 Å². The number of allylic oxidation sites excluding steroid dienone is 1. The van der Waals surface area contributed by atoms with Gasteiger partial charge in [0.05, 0.1) is 0 Å². The van der Waals surface area contributed by atoms with E-state index in [1.54, 1.807) is 6.08 Å². The summed E-state index contributed by atoms with van der Waals surface area (Å²) in [5.74, 6) is 6.82. The summed E-state index contributed by atoms with van der Waals surface area (Å²) in [4.78, 5) is 11.2. The Kier molecular flexibility index (Phi) is 9.52. The van der Waals surface area contributed by atoms with Crippen LogP contribution in [0.25, 0.3) is 0 Å². The van der Waals surface area contributed by atoms with E-state index in [0.29, 0.717) is 6.61 Å². The van der Waals surface area contributed by atoms with Crippen LogP contribution < -0.4 is 0 Å². The molecule has 0 amide bonds. The van der Waals surface area contributed by atoms with E-state index < -0.39 is 0 Å². The topological polar surface area (TPSA) is 35.5 Å². The molecule has 1 saturated heterocycles. The second-order valence-corrected chi connectivity index (χ2v) is 5.42. The minimum Gasteiger partial charge on any atom is -0.353 e. The van der Waals surface area contributed by atoms with Crippen LogP contribution in [-0.2, 0) is 14.3 Å². The molecule has 0 aromatic rings. The molecule has 1 fully saturated rings. The largest absolute Gasteiger partial charge is 0.353 e. The van der Waals surface area contributed by atoms with Crippen LogP contribution in [-0.4, -0.2) is 30.4 Å². The quantitative estimate of drug-likeness (QED) is 0.426. The first-order valence-electron chi connectivity index (χ1n) is 6.85. The Hall–Kier alpha value is -0.760. The number of ether oxygens (including phenoxy) is 2. The third kappa shape index (κ3) is 8.88. The predicted octanol–water partition coefficient (Wildman–Crippen LogP) is 3.15. The van der Waals surface area contributed by atoms with Gasteiger partial charge in [-0.2, -0.15) is 0 Å². The molecule has 1 heterocycles. The van der Waals surface area contributed by atoms with E-state index in [0.717, 1.165) is 38.0 Å². The van der Waals surface area contributed by atoms with Gasteiger partial charge in [0.1, 0.15) is 6.61 Å². The van der Waals surface area contributed by atoms with Gasteiger partial charge in [-0.15, -0.1) is 5.92 Å². The highest BCUT2D eigenvalue weighted by Gasteiger charge is 2.12. The number of carbonyl (C=O) groups excluding carboxylic acids is 1. The molecule has 1 rings (SSSR count). The van der Waals surface area contributed by atoms with Crippen molar-refractivity contribution in [2.75, 3.05) is 19.0 Å². The second-order valence-electron chi connectivity index (χ2n) is 4.15. The Labute approximate surface area is 120 Å². The number of unbranched alkanes of at least 4 members (excludes halogenated alkanes) is 1. The molecular weight excluding hydrogens is 260 g/mol. The molecule has 1 atom stereocenters. The van der Waals surface area contributed by atoms with Crippen molar-refractivity contribution in [3.8, 4) is 11.8 Å². The van der Waals surface area contributed by atoms with Gasteiger partial charge < -0.3 is 9.47 Å². The molecule has 0 aromatic heterocycles. The lowest BCUT2D eigenvalue weighted by Gasteiger charge is -2.21. The van der Waals surface area contributed by atoms with Crippen LogP contribution in [0.1, 0.15) is 39.0 Å². The molecule has 3 nitrogen and oxygen atoms in total. The van der Waals surface area contributed by atoms with Crippen molar-refractivity contribution < 1.29 is 14.3 Å². The minimum absolute atomic E-state index is 0.0633. The van der Waals surface area contributed by atoms with Gasteiger partial charge in [0, 0.05) is 13.0 Å². The predicted molar refractivity (Wildman–Crippen MR) is 78.8 cm³/mol. The van der Waals surface area contributed by atoms with E-state index in [1.165, 1.54) is 18.2 Å². The highest BCUT2D eigenvalue weighted by molar-refractivity contribution is 8.14. The fraction of sp³-hybridized carbons (Fsp3) is 0.667. The molecule has 0 aromatic carbocycles. The van der Waals surface area contributed by atoms with Crippen molar-refractivity contribution in [1.29, 1.82) is 0 Å². The Morgan fingerprint density at radius 3 is 3.11 bits per heavy atom. The van der Waals surface area contributed by atoms with Gasteiger partial charge in [0.15, 0.2) is 6.29 Å². The van der Waals surface area contributed by atoms with Gasteiger partial charge in [-0.25, -0.2) is 0 Å². The monoisotopic (exact) mass is 282 g/mol. The van der Waals surface area contributed by atoms with Gasteiger partial charge in [-0.1, -0.05) is 30.7 Å². The van der Waals surface area contributed by atoms with Gasteiger partial charge in [0.2, 0.25) is 5.12 Å². The molecule has 1 unspecified atom stereocenters. The van der Waals surface area contributed by atoms with E-state index in [-0.39, 0.29) is 11.4 Å². The summed E-state index contributed by atoms with van der Waals surface area (Å²) in [7, 11) is 0. The molecule has 106 valence electrons. The Morgan fingerprint density at radius 2 is 2.37 bits per heavy atom. The van der Waals surface area contributed by atoms with Crippen molar-refractivity contribution in [3.05, 3.63) is 12.2 Å². The summed E-state index contributed by atoms with van der Waals surface area (Å²) >= 11 is 1.32. The lowest BCUT2D eigenvalue weighted by Crippen LogP contribution is -2.22. The molecule has 0 bridgehead atoms. The first-order chi connectivity index (χ1) is 9.33. The maximum atomic E-state index is 11.2. The standard InChI is InChI=1S/C15H22O3S/c1-2-19-14(16)10-6-4-3-5-8-12-17-15-11-7-9-13-18-15/h6,10,15H,2-4,7,9,11-13H2,1H3/b10-6+. The maximum absolute atomic E-state index is 11.2. The fourth-order valence-corrected chi connectivity index (χ4v) is 2.12. The summed E-state index contributed by atoms with van der Waals surface area (Å²) in [5.41, 5.74) is 0. The molecule has 1 aliphatic heterocycles. The van der Waals surface area contributed by atoms with Crippen LogP contribution in [0.5, 0.6) is 0 Å². The lowest BCUT2D eigenvalue weighted by atomic mass is 10.2. The van der Waals surface area contributed by atoms with Crippen LogP contribution in [0.2, 0.25) is 0 Å². The lowest BCUT2D eigenvalue weighted by molar-refractivity contribution is -0.154. The van der Waals surface area contributed by atoms with E-state index in [1.807, 2.05) is 13.0 Å². The molecule has 19 heavy (non-hydrogen) atoms. The van der Waals surface area contributed by atoms with Crippen LogP contribution in [0.3, 0.4) is 0 Å². The van der Waals surface area contributed by atoms with E-state index in [4.69, 9.17) is 9.47 Å². The van der Waals surface area contributed by atoms with Gasteiger partial charge in [0.25, 0.3) is 0 Å². The van der Waals surface area contributed by atoms with Crippen LogP contribution in [0.4, 0.5) is 0 Å². The molecule has 1 aliphatic rings. The van der Waals surface area contributed by atoms with Crippen molar-refractivity contribution in [2.24, 2.45) is 0 Å².